The lowest BCUT2D eigenvalue weighted by atomic mass is 10.2. The van der Waals surface area contributed by atoms with E-state index in [0.29, 0.717) is 28.4 Å². The molecule has 3 aromatic rings. The second-order valence-corrected chi connectivity index (χ2v) is 6.24. The molecule has 0 atom stereocenters. The highest BCUT2D eigenvalue weighted by Crippen LogP contribution is 2.27. The minimum atomic E-state index is -0.393. The number of carbonyl (C=O) groups is 1. The number of nitrogens with zero attached hydrogens (tertiary/aromatic N) is 2. The van der Waals surface area contributed by atoms with E-state index in [0.717, 1.165) is 10.2 Å². The summed E-state index contributed by atoms with van der Waals surface area (Å²) in [5.41, 5.74) is 1.25. The molecule has 0 saturated carbocycles. The molecule has 0 spiro atoms. The number of benzene rings is 2. The number of methoxy groups -OCH3 is 2. The highest BCUT2D eigenvalue weighted by molar-refractivity contribution is 7.16. The van der Waals surface area contributed by atoms with E-state index in [-0.39, 0.29) is 5.82 Å². The Labute approximate surface area is 148 Å². The maximum absolute atomic E-state index is 13.4. The van der Waals surface area contributed by atoms with Crippen LogP contribution in [0.1, 0.15) is 17.3 Å². The van der Waals surface area contributed by atoms with Crippen molar-refractivity contribution in [1.82, 2.24) is 4.57 Å². The third-order valence-electron chi connectivity index (χ3n) is 3.79. The Hall–Kier alpha value is -2.67. The Bertz CT molecular complexity index is 1010. The minimum absolute atomic E-state index is 0.310. The molecule has 0 fully saturated rings. The lowest BCUT2D eigenvalue weighted by molar-refractivity contribution is 0.0997. The summed E-state index contributed by atoms with van der Waals surface area (Å²) < 4.78 is 26.5. The number of hydrogen-bond acceptors (Lipinski definition) is 4. The number of hydrogen-bond donors (Lipinski definition) is 0. The minimum Gasteiger partial charge on any atom is -0.493 e. The van der Waals surface area contributed by atoms with Crippen molar-refractivity contribution < 1.29 is 18.7 Å². The van der Waals surface area contributed by atoms with Crippen molar-refractivity contribution >= 4 is 27.5 Å². The SMILES string of the molecule is CCn1c(=NC(=O)c2ccc(OC)c(OC)c2)sc2cc(F)ccc21. The zero-order chi connectivity index (χ0) is 18.0. The van der Waals surface area contributed by atoms with Gasteiger partial charge in [0.2, 0.25) is 0 Å². The van der Waals surface area contributed by atoms with Crippen molar-refractivity contribution in [3.05, 3.63) is 52.6 Å². The van der Waals surface area contributed by atoms with E-state index < -0.39 is 5.91 Å². The highest BCUT2D eigenvalue weighted by atomic mass is 32.1. The van der Waals surface area contributed by atoms with E-state index in [1.807, 2.05) is 11.5 Å². The zero-order valence-electron chi connectivity index (χ0n) is 14.1. The number of amides is 1. The molecule has 1 amide bonds. The molecule has 3 rings (SSSR count). The Morgan fingerprint density at radius 2 is 1.92 bits per heavy atom. The van der Waals surface area contributed by atoms with E-state index in [2.05, 4.69) is 4.99 Å². The fourth-order valence-electron chi connectivity index (χ4n) is 2.56. The van der Waals surface area contributed by atoms with Gasteiger partial charge in [-0.1, -0.05) is 11.3 Å². The van der Waals surface area contributed by atoms with Crippen LogP contribution in [0, 0.1) is 5.82 Å². The predicted molar refractivity (Wildman–Crippen MR) is 94.9 cm³/mol. The van der Waals surface area contributed by atoms with Crippen LogP contribution in [0.25, 0.3) is 10.2 Å². The molecule has 0 aliphatic heterocycles. The lowest BCUT2D eigenvalue weighted by Crippen LogP contribution is -2.15. The van der Waals surface area contributed by atoms with E-state index in [4.69, 9.17) is 9.47 Å². The molecule has 25 heavy (non-hydrogen) atoms. The number of rotatable bonds is 4. The monoisotopic (exact) mass is 360 g/mol. The van der Waals surface area contributed by atoms with Crippen LogP contribution in [0.15, 0.2) is 41.4 Å². The number of aryl methyl sites for hydroxylation is 1. The summed E-state index contributed by atoms with van der Waals surface area (Å²) in [5, 5.41) is 0. The van der Waals surface area contributed by atoms with Crippen LogP contribution >= 0.6 is 11.3 Å². The van der Waals surface area contributed by atoms with Crippen molar-refractivity contribution in [3.63, 3.8) is 0 Å². The van der Waals surface area contributed by atoms with E-state index in [1.54, 1.807) is 24.3 Å². The average molecular weight is 360 g/mol. The first-order valence-corrected chi connectivity index (χ1v) is 8.49. The standard InChI is InChI=1S/C18H17FN2O3S/c1-4-21-13-7-6-12(19)10-16(13)25-18(21)20-17(22)11-5-8-14(23-2)15(9-11)24-3/h5-10H,4H2,1-3H3. The first-order chi connectivity index (χ1) is 12.1. The summed E-state index contributed by atoms with van der Waals surface area (Å²) >= 11 is 1.28. The van der Waals surface area contributed by atoms with Gasteiger partial charge in [-0.2, -0.15) is 4.99 Å². The van der Waals surface area contributed by atoms with Gasteiger partial charge in [-0.3, -0.25) is 4.79 Å². The zero-order valence-corrected chi connectivity index (χ0v) is 14.9. The van der Waals surface area contributed by atoms with Crippen molar-refractivity contribution in [3.8, 4) is 11.5 Å². The molecule has 0 saturated heterocycles. The van der Waals surface area contributed by atoms with Crippen LogP contribution in [0.5, 0.6) is 11.5 Å². The smallest absolute Gasteiger partial charge is 0.279 e. The summed E-state index contributed by atoms with van der Waals surface area (Å²) in [4.78, 5) is 17.3. The molecule has 130 valence electrons. The molecule has 1 heterocycles. The van der Waals surface area contributed by atoms with Crippen molar-refractivity contribution in [2.45, 2.75) is 13.5 Å². The molecule has 2 aromatic carbocycles. The molecule has 0 N–H and O–H groups in total. The predicted octanol–water partition coefficient (Wildman–Crippen LogP) is 3.62. The molecule has 0 aliphatic rings. The fraction of sp³-hybridized carbons (Fsp3) is 0.222. The fourth-order valence-corrected chi connectivity index (χ4v) is 3.68. The summed E-state index contributed by atoms with van der Waals surface area (Å²) in [5.74, 6) is 0.301. The van der Waals surface area contributed by atoms with Crippen molar-refractivity contribution in [2.75, 3.05) is 14.2 Å². The van der Waals surface area contributed by atoms with Gasteiger partial charge in [0.25, 0.3) is 5.91 Å². The molecule has 0 aliphatic carbocycles. The van der Waals surface area contributed by atoms with Gasteiger partial charge in [0.1, 0.15) is 5.82 Å². The van der Waals surface area contributed by atoms with Gasteiger partial charge in [-0.15, -0.1) is 0 Å². The molecular formula is C18H17FN2O3S. The van der Waals surface area contributed by atoms with Crippen LogP contribution in [0.4, 0.5) is 4.39 Å². The van der Waals surface area contributed by atoms with Gasteiger partial charge in [0.15, 0.2) is 16.3 Å². The average Bonchev–Trinajstić information content (AvgIpc) is 2.96. The molecule has 0 unspecified atom stereocenters. The third kappa shape index (κ3) is 3.28. The maximum Gasteiger partial charge on any atom is 0.279 e. The number of carbonyl (C=O) groups excluding carboxylic acids is 1. The molecule has 0 radical (unpaired) electrons. The molecular weight excluding hydrogens is 343 g/mol. The van der Waals surface area contributed by atoms with Gasteiger partial charge in [-0.05, 0) is 43.3 Å². The van der Waals surface area contributed by atoms with E-state index >= 15 is 0 Å². The van der Waals surface area contributed by atoms with Gasteiger partial charge in [0.05, 0.1) is 24.4 Å². The Kier molecular flexibility index (Phi) is 4.85. The summed E-state index contributed by atoms with van der Waals surface area (Å²) in [6, 6.07) is 9.44. The van der Waals surface area contributed by atoms with Crippen LogP contribution in [-0.2, 0) is 6.54 Å². The topological polar surface area (TPSA) is 52.8 Å². The Morgan fingerprint density at radius 1 is 1.16 bits per heavy atom. The number of ether oxygens (including phenoxy) is 2. The quantitative estimate of drug-likeness (QED) is 0.714. The molecule has 1 aromatic heterocycles. The van der Waals surface area contributed by atoms with Crippen LogP contribution in [0.3, 0.4) is 0 Å². The summed E-state index contributed by atoms with van der Waals surface area (Å²) in [7, 11) is 3.04. The number of aromatic nitrogens is 1. The second-order valence-electron chi connectivity index (χ2n) is 5.23. The first-order valence-electron chi connectivity index (χ1n) is 7.67. The van der Waals surface area contributed by atoms with Crippen molar-refractivity contribution in [1.29, 1.82) is 0 Å². The van der Waals surface area contributed by atoms with Crippen LogP contribution in [0.2, 0.25) is 0 Å². The van der Waals surface area contributed by atoms with Crippen LogP contribution < -0.4 is 14.3 Å². The lowest BCUT2D eigenvalue weighted by Gasteiger charge is -2.07. The number of fused-ring (bicyclic) bond motifs is 1. The Morgan fingerprint density at radius 3 is 2.60 bits per heavy atom. The molecule has 0 bridgehead atoms. The highest BCUT2D eigenvalue weighted by Gasteiger charge is 2.12. The summed E-state index contributed by atoms with van der Waals surface area (Å²) in [6.07, 6.45) is 0. The Balaban J connectivity index is 2.08. The maximum atomic E-state index is 13.4. The second kappa shape index (κ2) is 7.06. The molecule has 5 nitrogen and oxygen atoms in total. The number of halogens is 1. The van der Waals surface area contributed by atoms with E-state index in [1.165, 1.54) is 37.7 Å². The first kappa shape index (κ1) is 17.2. The van der Waals surface area contributed by atoms with Gasteiger partial charge in [0, 0.05) is 12.1 Å². The molecule has 7 heteroatoms. The third-order valence-corrected chi connectivity index (χ3v) is 4.83. The normalized spacial score (nSPS) is 11.8. The largest absolute Gasteiger partial charge is 0.493 e. The van der Waals surface area contributed by atoms with Crippen molar-refractivity contribution in [2.24, 2.45) is 4.99 Å². The van der Waals surface area contributed by atoms with Crippen LogP contribution in [-0.4, -0.2) is 24.7 Å². The van der Waals surface area contributed by atoms with Gasteiger partial charge in [-0.25, -0.2) is 4.39 Å². The van der Waals surface area contributed by atoms with E-state index in [9.17, 15) is 9.18 Å². The number of thiazole rings is 1. The van der Waals surface area contributed by atoms with Gasteiger partial charge >= 0.3 is 0 Å². The van der Waals surface area contributed by atoms with Gasteiger partial charge < -0.3 is 14.0 Å². The summed E-state index contributed by atoms with van der Waals surface area (Å²) in [6.45, 7) is 2.58.